The molecule has 7 heteroatoms. The van der Waals surface area contributed by atoms with E-state index in [1.54, 1.807) is 17.5 Å². The Morgan fingerprint density at radius 1 is 1.21 bits per heavy atom. The van der Waals surface area contributed by atoms with Gasteiger partial charge in [-0.15, -0.1) is 21.5 Å². The zero-order valence-electron chi connectivity index (χ0n) is 16.3. The number of aromatic nitrogens is 3. The first-order chi connectivity index (χ1) is 14.1. The van der Waals surface area contributed by atoms with Crippen LogP contribution < -0.4 is 0 Å². The lowest BCUT2D eigenvalue weighted by atomic mass is 10.1. The van der Waals surface area contributed by atoms with E-state index in [0.29, 0.717) is 24.0 Å². The Morgan fingerprint density at radius 2 is 2.07 bits per heavy atom. The molecule has 6 nitrogen and oxygen atoms in total. The Labute approximate surface area is 172 Å². The van der Waals surface area contributed by atoms with Gasteiger partial charge in [0.05, 0.1) is 5.56 Å². The Balaban J connectivity index is 1.48. The molecule has 1 amide bonds. The summed E-state index contributed by atoms with van der Waals surface area (Å²) in [5, 5.41) is 12.5. The number of rotatable bonds is 3. The molecule has 146 valence electrons. The van der Waals surface area contributed by atoms with Crippen molar-refractivity contribution in [2.75, 3.05) is 6.54 Å². The highest BCUT2D eigenvalue weighted by Gasteiger charge is 2.35. The molecular formula is C22H20N4O2S. The van der Waals surface area contributed by atoms with E-state index in [-0.39, 0.29) is 11.9 Å². The number of amides is 1. The van der Waals surface area contributed by atoms with Crippen LogP contribution in [0.5, 0.6) is 0 Å². The van der Waals surface area contributed by atoms with E-state index < -0.39 is 0 Å². The molecule has 1 aromatic carbocycles. The molecule has 0 aliphatic carbocycles. The molecule has 0 bridgehead atoms. The smallest absolute Gasteiger partial charge is 0.267 e. The lowest BCUT2D eigenvalue weighted by molar-refractivity contribution is 0.0715. The number of carbonyl (C=O) groups is 1. The molecule has 4 aromatic rings. The highest BCUT2D eigenvalue weighted by atomic mass is 32.1. The van der Waals surface area contributed by atoms with Gasteiger partial charge in [0.25, 0.3) is 11.8 Å². The van der Waals surface area contributed by atoms with Crippen molar-refractivity contribution in [3.63, 3.8) is 0 Å². The second-order valence-electron chi connectivity index (χ2n) is 7.31. The Bertz CT molecular complexity index is 1210. The van der Waals surface area contributed by atoms with Gasteiger partial charge < -0.3 is 9.32 Å². The van der Waals surface area contributed by atoms with Gasteiger partial charge in [0.1, 0.15) is 11.7 Å². The summed E-state index contributed by atoms with van der Waals surface area (Å²) < 4.78 is 6.04. The third-order valence-electron chi connectivity index (χ3n) is 5.63. The van der Waals surface area contributed by atoms with Crippen LogP contribution in [0, 0.1) is 13.8 Å². The van der Waals surface area contributed by atoms with Gasteiger partial charge in [0, 0.05) is 28.4 Å². The number of thiophene rings is 1. The molecule has 1 aliphatic heterocycles. The molecule has 4 heterocycles. The number of pyridine rings is 1. The molecule has 1 aliphatic rings. The molecule has 0 N–H and O–H groups in total. The first kappa shape index (κ1) is 18.0. The zero-order valence-corrected chi connectivity index (χ0v) is 17.1. The molecule has 1 unspecified atom stereocenters. The third kappa shape index (κ3) is 3.02. The van der Waals surface area contributed by atoms with Crippen molar-refractivity contribution >= 4 is 28.0 Å². The van der Waals surface area contributed by atoms with Gasteiger partial charge in [0.15, 0.2) is 0 Å². The fourth-order valence-corrected chi connectivity index (χ4v) is 4.76. The van der Waals surface area contributed by atoms with Crippen molar-refractivity contribution in [2.45, 2.75) is 32.7 Å². The summed E-state index contributed by atoms with van der Waals surface area (Å²) in [6.07, 6.45) is 3.48. The maximum atomic E-state index is 13.1. The molecule has 3 aromatic heterocycles. The van der Waals surface area contributed by atoms with Crippen LogP contribution in [0.1, 0.15) is 45.6 Å². The Hall–Kier alpha value is -3.06. The van der Waals surface area contributed by atoms with Crippen LogP contribution in [-0.2, 0) is 0 Å². The number of nitrogens with zero attached hydrogens (tertiary/aromatic N) is 4. The van der Waals surface area contributed by atoms with Crippen LogP contribution in [0.2, 0.25) is 0 Å². The van der Waals surface area contributed by atoms with Crippen LogP contribution in [0.3, 0.4) is 0 Å². The fraction of sp³-hybridized carbons (Fsp3) is 0.273. The molecule has 1 saturated heterocycles. The van der Waals surface area contributed by atoms with Crippen LogP contribution in [0.15, 0.2) is 46.3 Å². The predicted molar refractivity (Wildman–Crippen MR) is 112 cm³/mol. The maximum Gasteiger partial charge on any atom is 0.267 e. The summed E-state index contributed by atoms with van der Waals surface area (Å²) >= 11 is 1.61. The van der Waals surface area contributed by atoms with Crippen molar-refractivity contribution in [2.24, 2.45) is 0 Å². The monoisotopic (exact) mass is 404 g/mol. The van der Waals surface area contributed by atoms with Gasteiger partial charge in [-0.25, -0.2) is 0 Å². The Kier molecular flexibility index (Phi) is 4.39. The number of carbonyl (C=O) groups excluding carboxylic acids is 1. The van der Waals surface area contributed by atoms with E-state index in [1.165, 1.54) is 4.88 Å². The van der Waals surface area contributed by atoms with Crippen molar-refractivity contribution in [1.29, 1.82) is 0 Å². The van der Waals surface area contributed by atoms with E-state index >= 15 is 0 Å². The van der Waals surface area contributed by atoms with E-state index in [4.69, 9.17) is 4.42 Å². The summed E-state index contributed by atoms with van der Waals surface area (Å²) in [4.78, 5) is 20.6. The normalized spacial score (nSPS) is 16.6. The van der Waals surface area contributed by atoms with Gasteiger partial charge in [0.2, 0.25) is 5.89 Å². The van der Waals surface area contributed by atoms with Crippen LogP contribution >= 0.6 is 11.3 Å². The molecule has 29 heavy (non-hydrogen) atoms. The molecule has 0 spiro atoms. The number of fused-ring (bicyclic) bond motifs is 1. The van der Waals surface area contributed by atoms with E-state index in [0.717, 1.165) is 34.7 Å². The highest BCUT2D eigenvalue weighted by Crippen LogP contribution is 2.35. The molecular weight excluding hydrogens is 384 g/mol. The van der Waals surface area contributed by atoms with Gasteiger partial charge in [-0.2, -0.15) is 0 Å². The zero-order chi connectivity index (χ0) is 20.0. The first-order valence-corrected chi connectivity index (χ1v) is 10.5. The number of benzene rings is 1. The average molecular weight is 404 g/mol. The van der Waals surface area contributed by atoms with Gasteiger partial charge in [-0.05, 0) is 43.7 Å². The number of hydrogen-bond donors (Lipinski definition) is 0. The van der Waals surface area contributed by atoms with Crippen LogP contribution in [0.25, 0.3) is 22.4 Å². The van der Waals surface area contributed by atoms with Gasteiger partial charge in [-0.3, -0.25) is 9.78 Å². The SMILES string of the molecule is Cc1scc(C(=O)N2CCCC2c2nnc(-c3nccc4ccccc34)o2)c1C. The van der Waals surface area contributed by atoms with Crippen LogP contribution in [0.4, 0.5) is 0 Å². The Morgan fingerprint density at radius 3 is 2.90 bits per heavy atom. The van der Waals surface area contributed by atoms with Crippen molar-refractivity contribution < 1.29 is 9.21 Å². The standard InChI is InChI=1S/C22H20N4O2S/c1-13-14(2)29-12-17(13)22(27)26-11-5-8-18(26)20-24-25-21(28-20)19-16-7-4-3-6-15(16)9-10-23-19/h3-4,6-7,9-10,12,18H,5,8,11H2,1-2H3. The average Bonchev–Trinajstić information content (AvgIpc) is 3.48. The van der Waals surface area contributed by atoms with Gasteiger partial charge >= 0.3 is 0 Å². The first-order valence-electron chi connectivity index (χ1n) is 9.66. The molecule has 1 atom stereocenters. The van der Waals surface area contributed by atoms with Crippen LogP contribution in [-0.4, -0.2) is 32.5 Å². The minimum atomic E-state index is -0.196. The second kappa shape index (κ2) is 7.08. The quantitative estimate of drug-likeness (QED) is 0.484. The highest BCUT2D eigenvalue weighted by molar-refractivity contribution is 7.10. The largest absolute Gasteiger partial charge is 0.417 e. The molecule has 0 saturated carbocycles. The summed E-state index contributed by atoms with van der Waals surface area (Å²) in [6, 6.07) is 9.74. The van der Waals surface area contributed by atoms with Crippen molar-refractivity contribution in [1.82, 2.24) is 20.1 Å². The van der Waals surface area contributed by atoms with E-state index in [9.17, 15) is 4.79 Å². The summed E-state index contributed by atoms with van der Waals surface area (Å²) in [6.45, 7) is 4.74. The molecule has 5 rings (SSSR count). The third-order valence-corrected chi connectivity index (χ3v) is 6.64. The second-order valence-corrected chi connectivity index (χ2v) is 8.40. The fourth-order valence-electron chi connectivity index (χ4n) is 3.90. The minimum absolute atomic E-state index is 0.0392. The topological polar surface area (TPSA) is 72.1 Å². The minimum Gasteiger partial charge on any atom is -0.417 e. The number of hydrogen-bond acceptors (Lipinski definition) is 6. The molecule has 1 fully saturated rings. The summed E-state index contributed by atoms with van der Waals surface area (Å²) in [5.41, 5.74) is 2.49. The lowest BCUT2D eigenvalue weighted by Crippen LogP contribution is -2.30. The van der Waals surface area contributed by atoms with E-state index in [2.05, 4.69) is 15.2 Å². The predicted octanol–water partition coefficient (Wildman–Crippen LogP) is 4.94. The summed E-state index contributed by atoms with van der Waals surface area (Å²) in [7, 11) is 0. The van der Waals surface area contributed by atoms with E-state index in [1.807, 2.05) is 54.5 Å². The maximum absolute atomic E-state index is 13.1. The van der Waals surface area contributed by atoms with Crippen molar-refractivity contribution in [3.05, 3.63) is 63.8 Å². The van der Waals surface area contributed by atoms with Crippen molar-refractivity contribution in [3.8, 4) is 11.6 Å². The lowest BCUT2D eigenvalue weighted by Gasteiger charge is -2.22. The number of aryl methyl sites for hydroxylation is 1. The molecule has 0 radical (unpaired) electrons. The number of likely N-dealkylation sites (tertiary alicyclic amines) is 1. The summed E-state index contributed by atoms with van der Waals surface area (Å²) in [5.74, 6) is 0.904. The van der Waals surface area contributed by atoms with Gasteiger partial charge in [-0.1, -0.05) is 24.3 Å².